The van der Waals surface area contributed by atoms with Crippen molar-refractivity contribution < 1.29 is 24.2 Å². The molecule has 26 heavy (non-hydrogen) atoms. The normalized spacial score (nSPS) is 19.6. The van der Waals surface area contributed by atoms with Crippen LogP contribution in [0.5, 0.6) is 5.75 Å². The van der Waals surface area contributed by atoms with E-state index in [1.165, 1.54) is 12.0 Å². The number of ether oxygens (including phenoxy) is 2. The van der Waals surface area contributed by atoms with Gasteiger partial charge in [0.05, 0.1) is 6.54 Å². The summed E-state index contributed by atoms with van der Waals surface area (Å²) in [6.07, 6.45) is 5.51. The summed E-state index contributed by atoms with van der Waals surface area (Å²) in [7, 11) is 0. The van der Waals surface area contributed by atoms with Crippen LogP contribution < -0.4 is 10.1 Å². The number of carboxylic acid groups (broad SMARTS) is 1. The Balaban J connectivity index is 1.75. The number of carbonyl (C=O) groups excluding carboxylic acids is 1. The lowest BCUT2D eigenvalue weighted by atomic mass is 9.83. The van der Waals surface area contributed by atoms with E-state index in [4.69, 9.17) is 14.6 Å². The lowest BCUT2D eigenvalue weighted by molar-refractivity contribution is -0.151. The highest BCUT2D eigenvalue weighted by Gasteiger charge is 2.24. The van der Waals surface area contributed by atoms with E-state index in [1.807, 2.05) is 31.2 Å². The molecule has 0 bridgehead atoms. The van der Waals surface area contributed by atoms with Crippen molar-refractivity contribution in [1.82, 2.24) is 5.32 Å². The summed E-state index contributed by atoms with van der Waals surface area (Å²) >= 11 is 0. The van der Waals surface area contributed by atoms with Crippen molar-refractivity contribution in [2.45, 2.75) is 58.0 Å². The van der Waals surface area contributed by atoms with Crippen LogP contribution >= 0.6 is 0 Å². The van der Waals surface area contributed by atoms with E-state index in [0.29, 0.717) is 18.9 Å². The maximum atomic E-state index is 11.7. The zero-order chi connectivity index (χ0) is 18.8. The Hall–Kier alpha value is -2.24. The van der Waals surface area contributed by atoms with Crippen molar-refractivity contribution in [2.75, 3.05) is 13.2 Å². The third kappa shape index (κ3) is 7.33. The number of hydrogen-bond donors (Lipinski definition) is 2. The molecule has 6 heteroatoms. The Kier molecular flexibility index (Phi) is 8.25. The zero-order valence-electron chi connectivity index (χ0n) is 15.4. The predicted molar refractivity (Wildman–Crippen MR) is 98.4 cm³/mol. The van der Waals surface area contributed by atoms with Crippen molar-refractivity contribution in [2.24, 2.45) is 5.92 Å². The van der Waals surface area contributed by atoms with Gasteiger partial charge in [-0.15, -0.1) is 0 Å². The number of hydrogen-bond acceptors (Lipinski definition) is 4. The second-order valence-corrected chi connectivity index (χ2v) is 6.82. The van der Waals surface area contributed by atoms with Gasteiger partial charge in [-0.05, 0) is 62.1 Å². The zero-order valence-corrected chi connectivity index (χ0v) is 15.4. The maximum absolute atomic E-state index is 11.7. The molecular weight excluding hydrogens is 334 g/mol. The Morgan fingerprint density at radius 3 is 2.69 bits per heavy atom. The molecule has 0 radical (unpaired) electrons. The van der Waals surface area contributed by atoms with Crippen molar-refractivity contribution >= 4 is 12.1 Å². The van der Waals surface area contributed by atoms with Gasteiger partial charge in [0.1, 0.15) is 18.5 Å². The summed E-state index contributed by atoms with van der Waals surface area (Å²) in [4.78, 5) is 22.1. The topological polar surface area (TPSA) is 84.9 Å². The fraction of sp³-hybridized carbons (Fsp3) is 0.600. The van der Waals surface area contributed by atoms with E-state index in [1.54, 1.807) is 0 Å². The molecule has 6 nitrogen and oxygen atoms in total. The van der Waals surface area contributed by atoms with E-state index >= 15 is 0 Å². The van der Waals surface area contributed by atoms with E-state index in [9.17, 15) is 9.59 Å². The Morgan fingerprint density at radius 1 is 1.23 bits per heavy atom. The highest BCUT2D eigenvalue weighted by molar-refractivity contribution is 5.69. The molecule has 0 saturated heterocycles. The standard InChI is InChI=1S/C20H29NO5/c1-2-4-19(22)26-18-6-3-5-16(14-18)13-15-7-9-17(10-8-15)25-12-11-21-20(23)24/h7-10,16,18,21H,2-6,11-14H2,1H3,(H,23,24). The molecule has 2 rings (SSSR count). The van der Waals surface area contributed by atoms with Crippen molar-refractivity contribution in [3.8, 4) is 5.75 Å². The predicted octanol–water partition coefficient (Wildman–Crippen LogP) is 3.78. The summed E-state index contributed by atoms with van der Waals surface area (Å²) in [5.74, 6) is 1.20. The minimum Gasteiger partial charge on any atom is -0.492 e. The first-order valence-corrected chi connectivity index (χ1v) is 9.44. The molecule has 0 aliphatic heterocycles. The first-order valence-electron chi connectivity index (χ1n) is 9.44. The van der Waals surface area contributed by atoms with Crippen LogP contribution in [-0.4, -0.2) is 36.4 Å². The van der Waals surface area contributed by atoms with Crippen LogP contribution in [0.4, 0.5) is 4.79 Å². The van der Waals surface area contributed by atoms with Gasteiger partial charge in [0.15, 0.2) is 0 Å². The van der Waals surface area contributed by atoms with E-state index in [0.717, 1.165) is 37.9 Å². The molecule has 1 aromatic rings. The van der Waals surface area contributed by atoms with Gasteiger partial charge in [-0.25, -0.2) is 4.79 Å². The second kappa shape index (κ2) is 10.7. The molecule has 144 valence electrons. The number of carbonyl (C=O) groups is 2. The summed E-state index contributed by atoms with van der Waals surface area (Å²) in [5, 5.41) is 10.8. The van der Waals surface area contributed by atoms with E-state index in [-0.39, 0.29) is 18.6 Å². The molecule has 0 aromatic heterocycles. The lowest BCUT2D eigenvalue weighted by Crippen LogP contribution is -2.26. The Bertz CT molecular complexity index is 572. The van der Waals surface area contributed by atoms with Gasteiger partial charge in [0.2, 0.25) is 0 Å². The first kappa shape index (κ1) is 20.1. The summed E-state index contributed by atoms with van der Waals surface area (Å²) in [6.45, 7) is 2.55. The average molecular weight is 363 g/mol. The summed E-state index contributed by atoms with van der Waals surface area (Å²) < 4.78 is 11.1. The van der Waals surface area contributed by atoms with Gasteiger partial charge < -0.3 is 19.9 Å². The van der Waals surface area contributed by atoms with Crippen LogP contribution in [-0.2, 0) is 16.0 Å². The highest BCUT2D eigenvalue weighted by Crippen LogP contribution is 2.29. The van der Waals surface area contributed by atoms with E-state index in [2.05, 4.69) is 5.32 Å². The van der Waals surface area contributed by atoms with Gasteiger partial charge in [-0.2, -0.15) is 0 Å². The molecular formula is C20H29NO5. The molecule has 2 atom stereocenters. The fourth-order valence-corrected chi connectivity index (χ4v) is 3.37. The van der Waals surface area contributed by atoms with Crippen molar-refractivity contribution in [3.05, 3.63) is 29.8 Å². The monoisotopic (exact) mass is 363 g/mol. The number of rotatable bonds is 9. The molecule has 2 N–H and O–H groups in total. The van der Waals surface area contributed by atoms with Gasteiger partial charge in [0.25, 0.3) is 0 Å². The number of amides is 1. The number of esters is 1. The maximum Gasteiger partial charge on any atom is 0.404 e. The minimum absolute atomic E-state index is 0.0668. The highest BCUT2D eigenvalue weighted by atomic mass is 16.5. The largest absolute Gasteiger partial charge is 0.492 e. The first-order chi connectivity index (χ1) is 12.6. The van der Waals surface area contributed by atoms with Gasteiger partial charge >= 0.3 is 12.1 Å². The van der Waals surface area contributed by atoms with Crippen LogP contribution in [0, 0.1) is 5.92 Å². The SMILES string of the molecule is CCCC(=O)OC1CCCC(Cc2ccc(OCCNC(=O)O)cc2)C1. The summed E-state index contributed by atoms with van der Waals surface area (Å²) in [6, 6.07) is 7.93. The van der Waals surface area contributed by atoms with Crippen molar-refractivity contribution in [1.29, 1.82) is 0 Å². The number of benzene rings is 1. The molecule has 1 aliphatic carbocycles. The Labute approximate surface area is 154 Å². The van der Waals surface area contributed by atoms with Crippen LogP contribution in [0.3, 0.4) is 0 Å². The molecule has 0 spiro atoms. The number of nitrogens with one attached hydrogen (secondary N) is 1. The van der Waals surface area contributed by atoms with Gasteiger partial charge in [0, 0.05) is 6.42 Å². The lowest BCUT2D eigenvalue weighted by Gasteiger charge is -2.29. The molecule has 2 unspecified atom stereocenters. The molecule has 0 heterocycles. The minimum atomic E-state index is -1.05. The Morgan fingerprint density at radius 2 is 2.00 bits per heavy atom. The molecule has 1 aliphatic rings. The second-order valence-electron chi connectivity index (χ2n) is 6.82. The molecule has 1 amide bonds. The van der Waals surface area contributed by atoms with Crippen LogP contribution in [0.1, 0.15) is 51.0 Å². The van der Waals surface area contributed by atoms with Crippen LogP contribution in [0.25, 0.3) is 0 Å². The van der Waals surface area contributed by atoms with E-state index < -0.39 is 6.09 Å². The molecule has 1 fully saturated rings. The third-order valence-electron chi connectivity index (χ3n) is 4.58. The third-order valence-corrected chi connectivity index (χ3v) is 4.58. The van der Waals surface area contributed by atoms with Crippen molar-refractivity contribution in [3.63, 3.8) is 0 Å². The summed E-state index contributed by atoms with van der Waals surface area (Å²) in [5.41, 5.74) is 1.24. The van der Waals surface area contributed by atoms with Gasteiger partial charge in [-0.1, -0.05) is 19.1 Å². The van der Waals surface area contributed by atoms with Crippen LogP contribution in [0.15, 0.2) is 24.3 Å². The average Bonchev–Trinajstić information content (AvgIpc) is 2.60. The molecule has 1 saturated carbocycles. The smallest absolute Gasteiger partial charge is 0.404 e. The molecule has 1 aromatic carbocycles. The fourth-order valence-electron chi connectivity index (χ4n) is 3.37. The quantitative estimate of drug-likeness (QED) is 0.515. The van der Waals surface area contributed by atoms with Gasteiger partial charge in [-0.3, -0.25) is 4.79 Å². The van der Waals surface area contributed by atoms with Crippen LogP contribution in [0.2, 0.25) is 0 Å².